The van der Waals surface area contributed by atoms with E-state index < -0.39 is 20.3 Å². The van der Waals surface area contributed by atoms with Crippen LogP contribution in [-0.2, 0) is 0 Å². The first kappa shape index (κ1) is 20.1. The minimum atomic E-state index is -3.61. The molecule has 0 radical (unpaired) electrons. The van der Waals surface area contributed by atoms with Crippen LogP contribution in [-0.4, -0.2) is 20.3 Å². The van der Waals surface area contributed by atoms with Gasteiger partial charge in [0.2, 0.25) is 0 Å². The van der Waals surface area contributed by atoms with Crippen LogP contribution in [0.5, 0.6) is 0 Å². The Balaban J connectivity index is 2.11. The van der Waals surface area contributed by atoms with Gasteiger partial charge in [-0.25, -0.2) is 0 Å². The van der Waals surface area contributed by atoms with E-state index in [4.69, 9.17) is 0 Å². The Kier molecular flexibility index (Phi) is 5.70. The van der Waals surface area contributed by atoms with E-state index in [-0.39, 0.29) is 0 Å². The first-order valence-electron chi connectivity index (χ1n) is 10.3. The maximum absolute atomic E-state index is 3.61. The van der Waals surface area contributed by atoms with Crippen LogP contribution in [0.3, 0.4) is 0 Å². The molecule has 0 aliphatic carbocycles. The molecule has 0 saturated heterocycles. The van der Waals surface area contributed by atoms with Gasteiger partial charge in [0.05, 0.1) is 0 Å². The first-order valence-corrected chi connectivity index (χ1v) is 18.1. The van der Waals surface area contributed by atoms with Crippen molar-refractivity contribution >= 4 is 33.4 Å². The molecule has 0 amide bonds. The van der Waals surface area contributed by atoms with E-state index in [1.54, 1.807) is 0 Å². The molecule has 4 rings (SSSR count). The zero-order valence-electron chi connectivity index (χ0n) is 17.7. The van der Waals surface area contributed by atoms with Crippen molar-refractivity contribution in [3.63, 3.8) is 0 Å². The number of hydrogen-bond donors (Lipinski definition) is 0. The third-order valence-corrected chi connectivity index (χ3v) is 24.6. The van der Waals surface area contributed by atoms with Crippen LogP contribution in [0.15, 0.2) is 97.1 Å². The number of hydrogen-bond acceptors (Lipinski definition) is 0. The van der Waals surface area contributed by atoms with Crippen molar-refractivity contribution in [3.8, 4) is 0 Å². The second-order valence-electron chi connectivity index (χ2n) is 8.21. The van der Waals surface area contributed by atoms with Gasteiger partial charge in [0, 0.05) is 0 Å². The van der Waals surface area contributed by atoms with Gasteiger partial charge in [-0.1, -0.05) is 0 Å². The second kappa shape index (κ2) is 8.25. The summed E-state index contributed by atoms with van der Waals surface area (Å²) in [5, 5.41) is 0. The minimum absolute atomic E-state index is 1.31. The molecule has 4 aromatic carbocycles. The van der Waals surface area contributed by atoms with Crippen molar-refractivity contribution in [2.24, 2.45) is 0 Å². The van der Waals surface area contributed by atoms with Crippen LogP contribution in [0, 0.1) is 27.7 Å². The van der Waals surface area contributed by atoms with Crippen LogP contribution in [0.25, 0.3) is 0 Å². The fourth-order valence-electron chi connectivity index (χ4n) is 4.21. The van der Waals surface area contributed by atoms with Gasteiger partial charge in [0.25, 0.3) is 0 Å². The Morgan fingerprint density at radius 1 is 0.310 bits per heavy atom. The Hall–Kier alpha value is -2.24. The average molecular weight is 575 g/mol. The maximum atomic E-state index is 2.39. The molecule has 0 bridgehead atoms. The zero-order chi connectivity index (χ0) is 20.4. The second-order valence-corrected chi connectivity index (χ2v) is 23.0. The van der Waals surface area contributed by atoms with Crippen molar-refractivity contribution < 1.29 is 0 Å². The van der Waals surface area contributed by atoms with E-state index in [0.717, 1.165) is 0 Å². The van der Waals surface area contributed by atoms with Crippen LogP contribution in [0.4, 0.5) is 0 Å². The molecule has 0 saturated carbocycles. The molecule has 0 spiro atoms. The zero-order valence-corrected chi connectivity index (χ0v) is 21.6. The molecule has 0 atom stereocenters. The SMILES string of the molecule is Cc1cc[c]([BiH]([c]2ccc(C)cc2)([c]2ccc(C)cc2)[c]2ccc(C)cc2)cc1. The van der Waals surface area contributed by atoms with Crippen LogP contribution < -0.4 is 13.1 Å². The Bertz CT molecular complexity index is 900. The van der Waals surface area contributed by atoms with Crippen LogP contribution in [0.2, 0.25) is 0 Å². The fraction of sp³-hybridized carbons (Fsp3) is 0.143. The van der Waals surface area contributed by atoms with Gasteiger partial charge in [0.1, 0.15) is 0 Å². The summed E-state index contributed by atoms with van der Waals surface area (Å²) in [6.07, 6.45) is 0. The van der Waals surface area contributed by atoms with E-state index in [0.29, 0.717) is 0 Å². The normalized spacial score (nSPS) is 12.0. The molecule has 1 heteroatoms. The van der Waals surface area contributed by atoms with E-state index in [9.17, 15) is 0 Å². The summed E-state index contributed by atoms with van der Waals surface area (Å²) < 4.78 is 6.05. The van der Waals surface area contributed by atoms with Gasteiger partial charge in [0.15, 0.2) is 0 Å². The van der Waals surface area contributed by atoms with Crippen molar-refractivity contribution in [1.82, 2.24) is 0 Å². The molecule has 4 aromatic rings. The molecular formula is C28H29Bi. The summed E-state index contributed by atoms with van der Waals surface area (Å²) in [5.74, 6) is 0. The van der Waals surface area contributed by atoms with E-state index in [1.807, 2.05) is 0 Å². The molecule has 0 N–H and O–H groups in total. The van der Waals surface area contributed by atoms with Gasteiger partial charge in [-0.2, -0.15) is 0 Å². The van der Waals surface area contributed by atoms with Crippen LogP contribution >= 0.6 is 0 Å². The van der Waals surface area contributed by atoms with Crippen molar-refractivity contribution in [3.05, 3.63) is 119 Å². The summed E-state index contributed by atoms with van der Waals surface area (Å²) >= 11 is -3.61. The molecule has 0 fully saturated rings. The van der Waals surface area contributed by atoms with Gasteiger partial charge >= 0.3 is 180 Å². The van der Waals surface area contributed by atoms with Crippen LogP contribution in [0.1, 0.15) is 22.3 Å². The summed E-state index contributed by atoms with van der Waals surface area (Å²) in [6, 6.07) is 37.3. The van der Waals surface area contributed by atoms with E-state index >= 15 is 0 Å². The molecule has 0 heterocycles. The van der Waals surface area contributed by atoms with Gasteiger partial charge in [-0.3, -0.25) is 0 Å². The third-order valence-electron chi connectivity index (χ3n) is 5.94. The van der Waals surface area contributed by atoms with Gasteiger partial charge < -0.3 is 0 Å². The predicted octanol–water partition coefficient (Wildman–Crippen LogP) is 4.03. The van der Waals surface area contributed by atoms with Crippen molar-refractivity contribution in [2.75, 3.05) is 0 Å². The summed E-state index contributed by atoms with van der Waals surface area (Å²) in [6.45, 7) is 8.69. The molecule has 0 unspecified atom stereocenters. The summed E-state index contributed by atoms with van der Waals surface area (Å²) in [5.41, 5.74) is 5.25. The number of rotatable bonds is 4. The molecule has 29 heavy (non-hydrogen) atoms. The Morgan fingerprint density at radius 2 is 0.483 bits per heavy atom. The molecule has 0 aromatic heterocycles. The molecule has 0 aliphatic heterocycles. The molecular weight excluding hydrogens is 545 g/mol. The van der Waals surface area contributed by atoms with Gasteiger partial charge in [-0.15, -0.1) is 0 Å². The number of benzene rings is 4. The Labute approximate surface area is 179 Å². The average Bonchev–Trinajstić information content (AvgIpc) is 2.73. The molecule has 0 aliphatic rings. The third kappa shape index (κ3) is 3.81. The van der Waals surface area contributed by atoms with Crippen molar-refractivity contribution in [2.45, 2.75) is 27.7 Å². The van der Waals surface area contributed by atoms with E-state index in [2.05, 4.69) is 125 Å². The molecule has 146 valence electrons. The number of aryl methyl sites for hydroxylation is 4. The quantitative estimate of drug-likeness (QED) is 0.323. The monoisotopic (exact) mass is 574 g/mol. The Morgan fingerprint density at radius 3 is 0.655 bits per heavy atom. The summed E-state index contributed by atoms with van der Waals surface area (Å²) in [7, 11) is 0. The predicted molar refractivity (Wildman–Crippen MR) is 130 cm³/mol. The standard InChI is InChI=1S/4C7H7.Bi.H/c4*1-7-5-3-2-4-6-7;;/h4*3-6H,1H3;;. The van der Waals surface area contributed by atoms with E-state index in [1.165, 1.54) is 35.3 Å². The first-order chi connectivity index (χ1) is 14.0. The fourth-order valence-corrected chi connectivity index (χ4v) is 22.4. The summed E-state index contributed by atoms with van der Waals surface area (Å²) in [4.78, 5) is 0. The van der Waals surface area contributed by atoms with Gasteiger partial charge in [-0.05, 0) is 0 Å². The molecule has 0 nitrogen and oxygen atoms in total. The van der Waals surface area contributed by atoms with Crippen molar-refractivity contribution in [1.29, 1.82) is 0 Å². The topological polar surface area (TPSA) is 0 Å².